The van der Waals surface area contributed by atoms with Crippen molar-refractivity contribution in [2.24, 2.45) is 0 Å². The van der Waals surface area contributed by atoms with Gasteiger partial charge in [0.15, 0.2) is 11.5 Å². The molecule has 2 aliphatic rings. The van der Waals surface area contributed by atoms with E-state index >= 15 is 0 Å². The number of hydrogen-bond acceptors (Lipinski definition) is 7. The Hall–Kier alpha value is -1.77. The van der Waals surface area contributed by atoms with Crippen molar-refractivity contribution in [1.82, 2.24) is 9.80 Å². The fourth-order valence-electron chi connectivity index (χ4n) is 4.24. The van der Waals surface area contributed by atoms with Crippen molar-refractivity contribution in [2.45, 2.75) is 57.8 Å². The highest BCUT2D eigenvalue weighted by molar-refractivity contribution is 6.30. The van der Waals surface area contributed by atoms with E-state index in [-0.39, 0.29) is 17.9 Å². The summed E-state index contributed by atoms with van der Waals surface area (Å²) in [6.45, 7) is 8.28. The lowest BCUT2D eigenvalue weighted by molar-refractivity contribution is -0.102. The van der Waals surface area contributed by atoms with E-state index < -0.39 is 11.8 Å². The predicted octanol–water partition coefficient (Wildman–Crippen LogP) is 4.37. The highest BCUT2D eigenvalue weighted by Crippen LogP contribution is 2.35. The number of ether oxygens (including phenoxy) is 2. The Morgan fingerprint density at radius 1 is 1.00 bits per heavy atom. The van der Waals surface area contributed by atoms with Crippen LogP contribution in [-0.4, -0.2) is 76.8 Å². The summed E-state index contributed by atoms with van der Waals surface area (Å²) in [5.74, 6) is 0.654. The Labute approximate surface area is 208 Å². The molecule has 0 spiro atoms. The zero-order valence-corrected chi connectivity index (χ0v) is 21.1. The lowest BCUT2D eigenvalue weighted by Gasteiger charge is -2.45. The molecule has 3 N–H and O–H groups in total. The first-order valence-corrected chi connectivity index (χ1v) is 12.8. The molecule has 0 amide bonds. The molecule has 0 saturated carbocycles. The van der Waals surface area contributed by atoms with Gasteiger partial charge in [-0.1, -0.05) is 50.4 Å². The van der Waals surface area contributed by atoms with Gasteiger partial charge in [0, 0.05) is 43.8 Å². The lowest BCUT2D eigenvalue weighted by atomic mass is 9.97. The van der Waals surface area contributed by atoms with E-state index in [1.807, 2.05) is 17.0 Å². The molecule has 0 radical (unpaired) electrons. The van der Waals surface area contributed by atoms with Crippen LogP contribution in [0.25, 0.3) is 0 Å². The third kappa shape index (κ3) is 7.12. The number of benzene rings is 1. The van der Waals surface area contributed by atoms with Gasteiger partial charge in [-0.15, -0.1) is 0 Å². The summed E-state index contributed by atoms with van der Waals surface area (Å²) >= 11 is 5.95. The standard InChI is InChI=1S/C26H39ClN2O5/c1-3-5-15-33-23-17-26(32,18-24(25(23)31)34-16-6-4-2)29-13-11-28(12-14-29)19-22(30)20-7-9-21(27)10-8-20/h7-10,17,22,30-32H,3-6,11-16,18-19H2,1-2H3. The number of aliphatic hydroxyl groups excluding tert-OH is 2. The van der Waals surface area contributed by atoms with Crippen LogP contribution in [0.5, 0.6) is 0 Å². The zero-order chi connectivity index (χ0) is 24.6. The zero-order valence-electron chi connectivity index (χ0n) is 20.4. The third-order valence-corrected chi connectivity index (χ3v) is 6.67. The summed E-state index contributed by atoms with van der Waals surface area (Å²) in [5, 5.41) is 33.6. The van der Waals surface area contributed by atoms with Gasteiger partial charge in [-0.2, -0.15) is 0 Å². The van der Waals surface area contributed by atoms with Crippen LogP contribution in [0.15, 0.2) is 47.6 Å². The van der Waals surface area contributed by atoms with E-state index in [9.17, 15) is 15.3 Å². The molecule has 1 heterocycles. The molecule has 34 heavy (non-hydrogen) atoms. The van der Waals surface area contributed by atoms with Crippen LogP contribution in [-0.2, 0) is 9.47 Å². The van der Waals surface area contributed by atoms with Crippen LogP contribution in [0.1, 0.15) is 57.6 Å². The van der Waals surface area contributed by atoms with Crippen LogP contribution >= 0.6 is 11.6 Å². The summed E-state index contributed by atoms with van der Waals surface area (Å²) in [7, 11) is 0. The minimum atomic E-state index is -1.30. The third-order valence-electron chi connectivity index (χ3n) is 6.42. The minimum Gasteiger partial charge on any atom is -0.502 e. The summed E-state index contributed by atoms with van der Waals surface area (Å²) in [6.07, 6.45) is 4.91. The van der Waals surface area contributed by atoms with Gasteiger partial charge >= 0.3 is 0 Å². The first-order valence-electron chi connectivity index (χ1n) is 12.4. The molecule has 7 nitrogen and oxygen atoms in total. The Kier molecular flexibility index (Phi) is 10.1. The number of piperazine rings is 1. The molecule has 0 bridgehead atoms. The van der Waals surface area contributed by atoms with Gasteiger partial charge in [-0.05, 0) is 30.5 Å². The maximum absolute atomic E-state index is 11.6. The summed E-state index contributed by atoms with van der Waals surface area (Å²) < 4.78 is 11.7. The van der Waals surface area contributed by atoms with Gasteiger partial charge in [0.25, 0.3) is 0 Å². The first-order chi connectivity index (χ1) is 16.4. The van der Waals surface area contributed by atoms with Crippen molar-refractivity contribution in [3.05, 3.63) is 58.2 Å². The Balaban J connectivity index is 1.63. The van der Waals surface area contributed by atoms with Crippen LogP contribution in [0, 0.1) is 0 Å². The maximum Gasteiger partial charge on any atom is 0.196 e. The Morgan fingerprint density at radius 3 is 2.24 bits per heavy atom. The van der Waals surface area contributed by atoms with E-state index in [0.29, 0.717) is 56.7 Å². The van der Waals surface area contributed by atoms with E-state index in [1.54, 1.807) is 18.2 Å². The molecule has 2 unspecified atom stereocenters. The molecule has 1 aromatic carbocycles. The molecule has 8 heteroatoms. The molecule has 1 saturated heterocycles. The predicted molar refractivity (Wildman–Crippen MR) is 133 cm³/mol. The lowest BCUT2D eigenvalue weighted by Crippen LogP contribution is -2.57. The quantitative estimate of drug-likeness (QED) is 0.372. The van der Waals surface area contributed by atoms with Crippen LogP contribution in [0.2, 0.25) is 5.02 Å². The Bertz CT molecular complexity index is 836. The number of unbranched alkanes of at least 4 members (excludes halogenated alkanes) is 2. The average Bonchev–Trinajstić information content (AvgIpc) is 2.83. The summed E-state index contributed by atoms with van der Waals surface area (Å²) in [4.78, 5) is 4.19. The van der Waals surface area contributed by atoms with Gasteiger partial charge in [0.2, 0.25) is 0 Å². The van der Waals surface area contributed by atoms with Crippen LogP contribution in [0.4, 0.5) is 0 Å². The van der Waals surface area contributed by atoms with Crippen LogP contribution < -0.4 is 0 Å². The molecule has 1 aliphatic heterocycles. The van der Waals surface area contributed by atoms with Crippen molar-refractivity contribution >= 4 is 11.6 Å². The molecular weight excluding hydrogens is 456 g/mol. The largest absolute Gasteiger partial charge is 0.502 e. The second-order valence-electron chi connectivity index (χ2n) is 9.09. The van der Waals surface area contributed by atoms with Crippen molar-refractivity contribution in [1.29, 1.82) is 0 Å². The highest BCUT2D eigenvalue weighted by atomic mass is 35.5. The second kappa shape index (κ2) is 12.8. The molecular formula is C26H39ClN2O5. The van der Waals surface area contributed by atoms with E-state index in [1.165, 1.54) is 0 Å². The topological polar surface area (TPSA) is 85.6 Å². The highest BCUT2D eigenvalue weighted by Gasteiger charge is 2.41. The van der Waals surface area contributed by atoms with Crippen molar-refractivity contribution in [2.75, 3.05) is 45.9 Å². The number of aliphatic hydroxyl groups is 3. The van der Waals surface area contributed by atoms with Gasteiger partial charge < -0.3 is 24.8 Å². The van der Waals surface area contributed by atoms with E-state index in [2.05, 4.69) is 18.7 Å². The van der Waals surface area contributed by atoms with Crippen molar-refractivity contribution < 1.29 is 24.8 Å². The second-order valence-corrected chi connectivity index (χ2v) is 9.53. The molecule has 3 rings (SSSR count). The van der Waals surface area contributed by atoms with Crippen molar-refractivity contribution in [3.63, 3.8) is 0 Å². The molecule has 0 aromatic heterocycles. The first kappa shape index (κ1) is 26.8. The van der Waals surface area contributed by atoms with Gasteiger partial charge in [0.05, 0.1) is 25.7 Å². The van der Waals surface area contributed by atoms with Crippen molar-refractivity contribution in [3.8, 4) is 0 Å². The van der Waals surface area contributed by atoms with E-state index in [0.717, 1.165) is 31.2 Å². The minimum absolute atomic E-state index is 0.0124. The number of halogens is 1. The SMILES string of the molecule is CCCCOC1=CC(O)(N2CCN(CC(O)c3ccc(Cl)cc3)CC2)CC(OCCCC)=C1O. The smallest absolute Gasteiger partial charge is 0.196 e. The number of nitrogens with zero attached hydrogens (tertiary/aromatic N) is 2. The maximum atomic E-state index is 11.6. The van der Waals surface area contributed by atoms with Crippen LogP contribution in [0.3, 0.4) is 0 Å². The summed E-state index contributed by atoms with van der Waals surface area (Å²) in [6, 6.07) is 7.26. The number of hydrogen-bond donors (Lipinski definition) is 3. The number of β-amino-alcohol motifs (C(OH)–C–C–N with tert-alkyl or cyclic N) is 1. The molecule has 1 aromatic rings. The monoisotopic (exact) mass is 494 g/mol. The molecule has 190 valence electrons. The molecule has 1 fully saturated rings. The number of rotatable bonds is 12. The normalized spacial score (nSPS) is 23.0. The van der Waals surface area contributed by atoms with Gasteiger partial charge in [-0.3, -0.25) is 9.80 Å². The Morgan fingerprint density at radius 2 is 1.62 bits per heavy atom. The van der Waals surface area contributed by atoms with Gasteiger partial charge in [-0.25, -0.2) is 0 Å². The fraction of sp³-hybridized carbons (Fsp3) is 0.615. The average molecular weight is 495 g/mol. The molecule has 2 atom stereocenters. The fourth-order valence-corrected chi connectivity index (χ4v) is 4.36. The van der Waals surface area contributed by atoms with Gasteiger partial charge in [0.1, 0.15) is 11.5 Å². The van der Waals surface area contributed by atoms with E-state index in [4.69, 9.17) is 21.1 Å². The summed E-state index contributed by atoms with van der Waals surface area (Å²) in [5.41, 5.74) is -0.458. The molecule has 1 aliphatic carbocycles.